The van der Waals surface area contributed by atoms with Crippen molar-refractivity contribution in [1.82, 2.24) is 0 Å². The van der Waals surface area contributed by atoms with Gasteiger partial charge in [0.2, 0.25) is 0 Å². The van der Waals surface area contributed by atoms with Crippen LogP contribution >= 0.6 is 15.9 Å². The molecule has 1 atom stereocenters. The summed E-state index contributed by atoms with van der Waals surface area (Å²) in [5.74, 6) is 0. The normalized spacial score (nSPS) is 12.6. The smallest absolute Gasteiger partial charge is 0.423 e. The highest BCUT2D eigenvalue weighted by atomic mass is 79.9. The van der Waals surface area contributed by atoms with E-state index in [9.17, 15) is 0 Å². The second-order valence-corrected chi connectivity index (χ2v) is 3.53. The van der Waals surface area contributed by atoms with Crippen molar-refractivity contribution in [1.29, 1.82) is 0 Å². The number of benzene rings is 1. The third-order valence-corrected chi connectivity index (χ3v) is 2.63. The van der Waals surface area contributed by atoms with Gasteiger partial charge in [0.15, 0.2) is 0 Å². The van der Waals surface area contributed by atoms with E-state index in [1.807, 2.05) is 12.1 Å². The standard InChI is InChI=1S/C9H12BBrO3/c1-14-9(6-11)7-4-2-3-5-8(7)10(12)13/h2-5,9,12-13H,6H2,1H3. The second-order valence-electron chi connectivity index (χ2n) is 2.88. The number of methoxy groups -OCH3 is 1. The molecule has 0 spiro atoms. The molecule has 0 aliphatic carbocycles. The highest BCUT2D eigenvalue weighted by Gasteiger charge is 2.20. The van der Waals surface area contributed by atoms with Gasteiger partial charge in [-0.05, 0) is 11.0 Å². The monoisotopic (exact) mass is 258 g/mol. The summed E-state index contributed by atoms with van der Waals surface area (Å²) in [5.41, 5.74) is 1.28. The molecule has 0 saturated heterocycles. The third kappa shape index (κ3) is 2.57. The first-order chi connectivity index (χ1) is 6.70. The van der Waals surface area contributed by atoms with Crippen LogP contribution in [0, 0.1) is 0 Å². The van der Waals surface area contributed by atoms with Crippen molar-refractivity contribution in [3.8, 4) is 0 Å². The molecule has 0 fully saturated rings. The van der Waals surface area contributed by atoms with Crippen LogP contribution in [0.4, 0.5) is 0 Å². The van der Waals surface area contributed by atoms with E-state index in [-0.39, 0.29) is 6.10 Å². The summed E-state index contributed by atoms with van der Waals surface area (Å²) >= 11 is 3.31. The molecule has 0 aliphatic rings. The van der Waals surface area contributed by atoms with Crippen molar-refractivity contribution in [2.45, 2.75) is 6.10 Å². The topological polar surface area (TPSA) is 49.7 Å². The lowest BCUT2D eigenvalue weighted by atomic mass is 9.76. The zero-order chi connectivity index (χ0) is 10.6. The van der Waals surface area contributed by atoms with Gasteiger partial charge in [-0.15, -0.1) is 0 Å². The number of ether oxygens (including phenoxy) is 1. The number of rotatable bonds is 4. The molecule has 0 heterocycles. The summed E-state index contributed by atoms with van der Waals surface area (Å²) in [7, 11) is 0.134. The van der Waals surface area contributed by atoms with Gasteiger partial charge in [0.1, 0.15) is 0 Å². The molecule has 5 heteroatoms. The molecule has 0 aliphatic heterocycles. The number of alkyl halides is 1. The molecule has 3 nitrogen and oxygen atoms in total. The molecule has 0 bridgehead atoms. The highest BCUT2D eigenvalue weighted by Crippen LogP contribution is 2.16. The fourth-order valence-electron chi connectivity index (χ4n) is 1.31. The summed E-state index contributed by atoms with van der Waals surface area (Å²) in [5, 5.41) is 18.9. The van der Waals surface area contributed by atoms with E-state index in [0.29, 0.717) is 10.8 Å². The Morgan fingerprint density at radius 1 is 1.43 bits per heavy atom. The average Bonchev–Trinajstić information content (AvgIpc) is 2.20. The Balaban J connectivity index is 3.05. The molecule has 1 rings (SSSR count). The molecule has 0 aromatic heterocycles. The average molecular weight is 259 g/mol. The Morgan fingerprint density at radius 2 is 2.07 bits per heavy atom. The van der Waals surface area contributed by atoms with Gasteiger partial charge in [-0.3, -0.25) is 0 Å². The lowest BCUT2D eigenvalue weighted by molar-refractivity contribution is 0.125. The van der Waals surface area contributed by atoms with Crippen molar-refractivity contribution in [2.75, 3.05) is 12.4 Å². The number of halogens is 1. The molecular formula is C9H12BBrO3. The minimum absolute atomic E-state index is 0.159. The Hall–Kier alpha value is -0.355. The largest absolute Gasteiger partial charge is 0.488 e. The Kier molecular flexibility index (Phi) is 4.61. The maximum absolute atomic E-state index is 9.13. The van der Waals surface area contributed by atoms with Crippen molar-refractivity contribution in [3.63, 3.8) is 0 Å². The van der Waals surface area contributed by atoms with Crippen LogP contribution in [0.3, 0.4) is 0 Å². The summed E-state index contributed by atoms with van der Waals surface area (Å²) in [6.07, 6.45) is -0.159. The zero-order valence-corrected chi connectivity index (χ0v) is 9.44. The summed E-state index contributed by atoms with van der Waals surface area (Å²) in [6, 6.07) is 7.11. The predicted octanol–water partition coefficient (Wildman–Crippen LogP) is 0.449. The van der Waals surface area contributed by atoms with Crippen molar-refractivity contribution < 1.29 is 14.8 Å². The van der Waals surface area contributed by atoms with Crippen molar-refractivity contribution >= 4 is 28.5 Å². The van der Waals surface area contributed by atoms with Gasteiger partial charge in [-0.1, -0.05) is 40.2 Å². The number of hydrogen-bond donors (Lipinski definition) is 2. The van der Waals surface area contributed by atoms with Gasteiger partial charge in [0, 0.05) is 12.4 Å². The molecule has 2 N–H and O–H groups in total. The van der Waals surface area contributed by atoms with Gasteiger partial charge < -0.3 is 14.8 Å². The Morgan fingerprint density at radius 3 is 2.57 bits per heavy atom. The first-order valence-electron chi connectivity index (χ1n) is 4.24. The van der Waals surface area contributed by atoms with E-state index in [4.69, 9.17) is 14.8 Å². The molecule has 0 radical (unpaired) electrons. The van der Waals surface area contributed by atoms with E-state index < -0.39 is 7.12 Å². The maximum atomic E-state index is 9.13. The van der Waals surface area contributed by atoms with Crippen LogP contribution in [0.25, 0.3) is 0 Å². The van der Waals surface area contributed by atoms with Crippen LogP contribution in [0.15, 0.2) is 24.3 Å². The lowest BCUT2D eigenvalue weighted by Crippen LogP contribution is -2.34. The quantitative estimate of drug-likeness (QED) is 0.609. The molecular weight excluding hydrogens is 247 g/mol. The van der Waals surface area contributed by atoms with E-state index in [1.165, 1.54) is 0 Å². The minimum Gasteiger partial charge on any atom is -0.423 e. The van der Waals surface area contributed by atoms with E-state index >= 15 is 0 Å². The Bertz CT molecular complexity index is 289. The van der Waals surface area contributed by atoms with Crippen LogP contribution in [-0.4, -0.2) is 29.6 Å². The SMILES string of the molecule is COC(CBr)c1ccccc1B(O)O. The molecule has 1 aromatic carbocycles. The molecule has 76 valence electrons. The second kappa shape index (κ2) is 5.51. The lowest BCUT2D eigenvalue weighted by Gasteiger charge is -2.16. The molecule has 0 saturated carbocycles. The Labute approximate surface area is 92.0 Å². The zero-order valence-electron chi connectivity index (χ0n) is 7.85. The van der Waals surface area contributed by atoms with Crippen LogP contribution in [0.2, 0.25) is 0 Å². The molecule has 1 aromatic rings. The van der Waals surface area contributed by atoms with Crippen LogP contribution in [-0.2, 0) is 4.74 Å². The molecule has 1 unspecified atom stereocenters. The van der Waals surface area contributed by atoms with Gasteiger partial charge in [-0.25, -0.2) is 0 Å². The van der Waals surface area contributed by atoms with Gasteiger partial charge in [0.05, 0.1) is 6.10 Å². The number of hydrogen-bond acceptors (Lipinski definition) is 3. The van der Waals surface area contributed by atoms with Gasteiger partial charge in [-0.2, -0.15) is 0 Å². The van der Waals surface area contributed by atoms with E-state index in [2.05, 4.69) is 15.9 Å². The van der Waals surface area contributed by atoms with Gasteiger partial charge in [0.25, 0.3) is 0 Å². The summed E-state index contributed by atoms with van der Waals surface area (Å²) in [4.78, 5) is 0. The molecule has 14 heavy (non-hydrogen) atoms. The van der Waals surface area contributed by atoms with Crippen LogP contribution < -0.4 is 5.46 Å². The summed E-state index contributed by atoms with van der Waals surface area (Å²) < 4.78 is 5.21. The van der Waals surface area contributed by atoms with Crippen LogP contribution in [0.1, 0.15) is 11.7 Å². The third-order valence-electron chi connectivity index (χ3n) is 2.05. The maximum Gasteiger partial charge on any atom is 0.488 e. The first-order valence-corrected chi connectivity index (χ1v) is 5.36. The highest BCUT2D eigenvalue weighted by molar-refractivity contribution is 9.09. The predicted molar refractivity (Wildman–Crippen MR) is 59.8 cm³/mol. The van der Waals surface area contributed by atoms with Crippen molar-refractivity contribution in [3.05, 3.63) is 29.8 Å². The first kappa shape index (κ1) is 11.7. The summed E-state index contributed by atoms with van der Waals surface area (Å²) in [6.45, 7) is 0. The van der Waals surface area contributed by atoms with E-state index in [0.717, 1.165) is 5.56 Å². The fourth-order valence-corrected chi connectivity index (χ4v) is 1.93. The van der Waals surface area contributed by atoms with E-state index in [1.54, 1.807) is 19.2 Å². The molecule has 0 amide bonds. The van der Waals surface area contributed by atoms with Crippen molar-refractivity contribution in [2.24, 2.45) is 0 Å². The van der Waals surface area contributed by atoms with Crippen LogP contribution in [0.5, 0.6) is 0 Å². The minimum atomic E-state index is -1.46. The van der Waals surface area contributed by atoms with Gasteiger partial charge >= 0.3 is 7.12 Å². The fraction of sp³-hybridized carbons (Fsp3) is 0.333.